The lowest BCUT2D eigenvalue weighted by Crippen LogP contribution is -2.46. The lowest BCUT2D eigenvalue weighted by atomic mass is 10.0. The first-order valence-corrected chi connectivity index (χ1v) is 15.8. The zero-order valence-electron chi connectivity index (χ0n) is 26.1. The highest BCUT2D eigenvalue weighted by Gasteiger charge is 2.36. The third-order valence-corrected chi connectivity index (χ3v) is 8.05. The van der Waals surface area contributed by atoms with Crippen LogP contribution in [0.1, 0.15) is 16.7 Å². The van der Waals surface area contributed by atoms with Crippen LogP contribution in [-0.4, -0.2) is 23.8 Å². The van der Waals surface area contributed by atoms with Gasteiger partial charge in [0.15, 0.2) is 0 Å². The van der Waals surface area contributed by atoms with Gasteiger partial charge < -0.3 is 5.32 Å². The highest BCUT2D eigenvalue weighted by atomic mass is 16.2. The SMILES string of the molecule is O=C(NC1N=C(N(c2ccccc2)c2ccccc2)c2ccccc2N(c2ccccc2)C1=O)/C(=C/c1ccccc1)c1ccccc1. The maximum atomic E-state index is 14.8. The zero-order chi connectivity index (χ0) is 32.7. The maximum Gasteiger partial charge on any atom is 0.276 e. The maximum absolute atomic E-state index is 14.8. The van der Waals surface area contributed by atoms with Crippen molar-refractivity contribution < 1.29 is 9.59 Å². The van der Waals surface area contributed by atoms with Crippen LogP contribution in [0, 0.1) is 0 Å². The first kappa shape index (κ1) is 30.1. The number of anilines is 4. The van der Waals surface area contributed by atoms with Gasteiger partial charge in [0.2, 0.25) is 6.17 Å². The summed E-state index contributed by atoms with van der Waals surface area (Å²) in [4.78, 5) is 38.0. The molecule has 1 aliphatic heterocycles. The molecule has 1 heterocycles. The van der Waals surface area contributed by atoms with Crippen LogP contribution in [0.25, 0.3) is 11.6 Å². The summed E-state index contributed by atoms with van der Waals surface area (Å²) in [7, 11) is 0. The Morgan fingerprint density at radius 3 is 1.73 bits per heavy atom. The van der Waals surface area contributed by atoms with E-state index in [4.69, 9.17) is 4.99 Å². The van der Waals surface area contributed by atoms with Crippen molar-refractivity contribution in [3.8, 4) is 0 Å². The number of rotatable bonds is 7. The molecule has 0 aliphatic carbocycles. The van der Waals surface area contributed by atoms with Crippen LogP contribution in [-0.2, 0) is 9.59 Å². The predicted octanol–water partition coefficient (Wildman–Crippen LogP) is 8.63. The van der Waals surface area contributed by atoms with Crippen molar-refractivity contribution in [1.82, 2.24) is 5.32 Å². The molecule has 0 spiro atoms. The standard InChI is InChI=1S/C42H32N4O2/c47-41(37(32-20-8-2-9-21-32)30-31-18-6-1-7-19-31)44-39-42(48)46(35-26-14-5-15-27-35)38-29-17-16-28-36(38)40(43-39)45(33-22-10-3-11-23-33)34-24-12-4-13-25-34/h1-30,39H,(H,44,47)/b37-30+. The second kappa shape index (κ2) is 13.8. The van der Waals surface area contributed by atoms with Crippen LogP contribution in [0.2, 0.25) is 0 Å². The Balaban J connectivity index is 1.41. The second-order valence-corrected chi connectivity index (χ2v) is 11.2. The number of amidine groups is 1. The fraction of sp³-hybridized carbons (Fsp3) is 0.0238. The molecule has 1 aliphatic rings. The Bertz CT molecular complexity index is 2040. The molecular weight excluding hydrogens is 592 g/mol. The van der Waals surface area contributed by atoms with E-state index in [-0.39, 0.29) is 5.91 Å². The molecule has 0 saturated heterocycles. The van der Waals surface area contributed by atoms with Crippen LogP contribution in [0.4, 0.5) is 22.7 Å². The molecule has 48 heavy (non-hydrogen) atoms. The largest absolute Gasteiger partial charge is 0.322 e. The number of benzene rings is 6. The van der Waals surface area contributed by atoms with Crippen molar-refractivity contribution in [3.63, 3.8) is 0 Å². The van der Waals surface area contributed by atoms with E-state index in [2.05, 4.69) is 5.32 Å². The minimum Gasteiger partial charge on any atom is -0.322 e. The molecule has 0 aromatic heterocycles. The van der Waals surface area contributed by atoms with E-state index >= 15 is 0 Å². The molecule has 7 rings (SSSR count). The molecule has 6 heteroatoms. The van der Waals surface area contributed by atoms with Gasteiger partial charge in [0.1, 0.15) is 5.84 Å². The molecule has 232 valence electrons. The first-order chi connectivity index (χ1) is 23.7. The number of aliphatic imine (C=N–C) groups is 1. The summed E-state index contributed by atoms with van der Waals surface area (Å²) in [6.45, 7) is 0. The van der Waals surface area contributed by atoms with Gasteiger partial charge in [-0.1, -0.05) is 127 Å². The van der Waals surface area contributed by atoms with Crippen molar-refractivity contribution in [2.75, 3.05) is 9.80 Å². The number of nitrogens with one attached hydrogen (secondary N) is 1. The van der Waals surface area contributed by atoms with Gasteiger partial charge in [0, 0.05) is 28.2 Å². The average Bonchev–Trinajstić information content (AvgIpc) is 3.26. The van der Waals surface area contributed by atoms with E-state index < -0.39 is 12.1 Å². The summed E-state index contributed by atoms with van der Waals surface area (Å²) in [6.07, 6.45) is 0.568. The van der Waals surface area contributed by atoms with Crippen molar-refractivity contribution in [1.29, 1.82) is 0 Å². The molecule has 6 nitrogen and oxygen atoms in total. The highest BCUT2D eigenvalue weighted by Crippen LogP contribution is 2.37. The van der Waals surface area contributed by atoms with Crippen LogP contribution in [0.15, 0.2) is 181 Å². The van der Waals surface area contributed by atoms with Crippen molar-refractivity contribution in [2.24, 2.45) is 4.99 Å². The van der Waals surface area contributed by atoms with E-state index in [1.807, 2.05) is 187 Å². The van der Waals surface area contributed by atoms with Gasteiger partial charge in [0.05, 0.1) is 5.69 Å². The smallest absolute Gasteiger partial charge is 0.276 e. The Morgan fingerprint density at radius 2 is 1.12 bits per heavy atom. The molecule has 1 N–H and O–H groups in total. The molecule has 2 amide bonds. The van der Waals surface area contributed by atoms with E-state index in [1.165, 1.54) is 0 Å². The zero-order valence-corrected chi connectivity index (χ0v) is 26.1. The number of hydrogen-bond donors (Lipinski definition) is 1. The molecule has 0 radical (unpaired) electrons. The quantitative estimate of drug-likeness (QED) is 0.143. The normalized spacial score (nSPS) is 14.4. The van der Waals surface area contributed by atoms with Gasteiger partial charge in [-0.2, -0.15) is 0 Å². The first-order valence-electron chi connectivity index (χ1n) is 15.8. The molecule has 0 bridgehead atoms. The number of para-hydroxylation sites is 4. The lowest BCUT2D eigenvalue weighted by Gasteiger charge is -2.28. The molecule has 1 atom stereocenters. The number of amides is 2. The molecule has 1 unspecified atom stereocenters. The van der Waals surface area contributed by atoms with Crippen molar-refractivity contribution in [2.45, 2.75) is 6.17 Å². The van der Waals surface area contributed by atoms with E-state index in [0.717, 1.165) is 28.1 Å². The van der Waals surface area contributed by atoms with Gasteiger partial charge in [-0.25, -0.2) is 4.99 Å². The predicted molar refractivity (Wildman–Crippen MR) is 194 cm³/mol. The monoisotopic (exact) mass is 624 g/mol. The van der Waals surface area contributed by atoms with Crippen LogP contribution in [0.5, 0.6) is 0 Å². The number of carbonyl (C=O) groups excluding carboxylic acids is 2. The van der Waals surface area contributed by atoms with E-state index in [9.17, 15) is 9.59 Å². The van der Waals surface area contributed by atoms with E-state index in [1.54, 1.807) is 4.90 Å². The Kier molecular flexibility index (Phi) is 8.70. The third-order valence-electron chi connectivity index (χ3n) is 8.05. The minimum atomic E-state index is -1.27. The molecule has 0 saturated carbocycles. The molecule has 0 fully saturated rings. The van der Waals surface area contributed by atoms with Crippen molar-refractivity contribution in [3.05, 3.63) is 193 Å². The van der Waals surface area contributed by atoms with Gasteiger partial charge in [-0.3, -0.25) is 19.4 Å². The fourth-order valence-corrected chi connectivity index (χ4v) is 5.82. The molecule has 6 aromatic carbocycles. The minimum absolute atomic E-state index is 0.384. The van der Waals surface area contributed by atoms with Crippen LogP contribution < -0.4 is 15.1 Å². The van der Waals surface area contributed by atoms with Gasteiger partial charge in [0.25, 0.3) is 11.8 Å². The Labute approximate surface area is 279 Å². The second-order valence-electron chi connectivity index (χ2n) is 11.2. The third kappa shape index (κ3) is 6.28. The average molecular weight is 625 g/mol. The number of benzodiazepines with no additional fused rings is 1. The van der Waals surface area contributed by atoms with Gasteiger partial charge in [-0.15, -0.1) is 0 Å². The van der Waals surface area contributed by atoms with E-state index in [0.29, 0.717) is 22.8 Å². The molecule has 6 aromatic rings. The Hall–Kier alpha value is -6.53. The summed E-state index contributed by atoms with van der Waals surface area (Å²) >= 11 is 0. The summed E-state index contributed by atoms with van der Waals surface area (Å²) in [6, 6.07) is 56.1. The number of fused-ring (bicyclic) bond motifs is 1. The van der Waals surface area contributed by atoms with Crippen molar-refractivity contribution >= 4 is 52.0 Å². The topological polar surface area (TPSA) is 65.0 Å². The number of hydrogen-bond acceptors (Lipinski definition) is 4. The van der Waals surface area contributed by atoms with Gasteiger partial charge >= 0.3 is 0 Å². The summed E-state index contributed by atoms with van der Waals surface area (Å²) < 4.78 is 0. The summed E-state index contributed by atoms with van der Waals surface area (Å²) in [5.74, 6) is -0.282. The number of carbonyl (C=O) groups is 2. The van der Waals surface area contributed by atoms with Crippen LogP contribution >= 0.6 is 0 Å². The number of nitrogens with zero attached hydrogens (tertiary/aromatic N) is 3. The van der Waals surface area contributed by atoms with Gasteiger partial charge in [-0.05, 0) is 65.7 Å². The highest BCUT2D eigenvalue weighted by molar-refractivity contribution is 6.26. The summed E-state index contributed by atoms with van der Waals surface area (Å²) in [5.41, 5.74) is 5.78. The molecular formula is C42H32N4O2. The van der Waals surface area contributed by atoms with Crippen LogP contribution in [0.3, 0.4) is 0 Å². The summed E-state index contributed by atoms with van der Waals surface area (Å²) in [5, 5.41) is 3.04. The lowest BCUT2D eigenvalue weighted by molar-refractivity contribution is -0.124. The fourth-order valence-electron chi connectivity index (χ4n) is 5.82. The Morgan fingerprint density at radius 1 is 0.625 bits per heavy atom.